The zero-order valence-corrected chi connectivity index (χ0v) is 36.8. The van der Waals surface area contributed by atoms with Gasteiger partial charge < -0.3 is 56.3 Å². The van der Waals surface area contributed by atoms with Gasteiger partial charge in [-0.3, -0.25) is 19.2 Å². The molecule has 15 heteroatoms. The molecule has 0 atom stereocenters. The number of nitrogens with zero attached hydrogens (tertiary/aromatic N) is 1. The molecule has 0 aliphatic heterocycles. The molecular formula is C28H64NO11Y3-3. The third-order valence-corrected chi connectivity index (χ3v) is 1.81. The fraction of sp³-hybridized carbons (Fsp3) is 0.714. The van der Waals surface area contributed by atoms with Crippen LogP contribution in [0.2, 0.25) is 0 Å². The van der Waals surface area contributed by atoms with Crippen LogP contribution in [-0.2, 0) is 127 Å². The van der Waals surface area contributed by atoms with Crippen molar-refractivity contribution in [2.75, 3.05) is 33.5 Å². The van der Waals surface area contributed by atoms with E-state index in [1.54, 1.807) is 40.7 Å². The van der Waals surface area contributed by atoms with Gasteiger partial charge in [0, 0.05) is 139 Å². The van der Waals surface area contributed by atoms with E-state index in [0.717, 1.165) is 26.9 Å². The van der Waals surface area contributed by atoms with Gasteiger partial charge in [0.05, 0.1) is 19.3 Å². The number of rotatable bonds is 6. The number of nitriles is 1. The zero-order chi connectivity index (χ0) is 33.0. The predicted molar refractivity (Wildman–Crippen MR) is 163 cm³/mol. The summed E-state index contributed by atoms with van der Waals surface area (Å²) in [6.07, 6.45) is 2.10. The second kappa shape index (κ2) is 113. The summed E-state index contributed by atoms with van der Waals surface area (Å²) in [5, 5.41) is 44.9. The molecule has 0 saturated carbocycles. The quantitative estimate of drug-likeness (QED) is 0.136. The molecule has 0 unspecified atom stereocenters. The van der Waals surface area contributed by atoms with Crippen LogP contribution in [0.3, 0.4) is 0 Å². The molecule has 0 rings (SSSR count). The Balaban J connectivity index is -0.0000000196. The van der Waals surface area contributed by atoms with E-state index in [0.29, 0.717) is 6.61 Å². The third kappa shape index (κ3) is 227. The summed E-state index contributed by atoms with van der Waals surface area (Å²) < 4.78 is 9.26. The van der Waals surface area contributed by atoms with Crippen LogP contribution in [0.4, 0.5) is 0 Å². The number of ether oxygens (including phenoxy) is 2. The van der Waals surface area contributed by atoms with Gasteiger partial charge in [0.25, 0.3) is 5.97 Å². The van der Waals surface area contributed by atoms with Crippen molar-refractivity contribution in [3.63, 3.8) is 0 Å². The van der Waals surface area contributed by atoms with Crippen LogP contribution >= 0.6 is 0 Å². The summed E-state index contributed by atoms with van der Waals surface area (Å²) in [6.45, 7) is 24.2. The Hall–Kier alpha value is 0.562. The molecule has 0 bridgehead atoms. The molecule has 0 aliphatic rings. The first-order chi connectivity index (χ1) is 17.8. The van der Waals surface area contributed by atoms with E-state index in [1.807, 2.05) is 13.8 Å². The molecule has 0 saturated heterocycles. The van der Waals surface area contributed by atoms with Crippen LogP contribution < -0.4 is 0 Å². The summed E-state index contributed by atoms with van der Waals surface area (Å²) >= 11 is 0. The monoisotopic (exact) mass is 857 g/mol. The number of carbonyl (C=O) groups excluding carboxylic acids is 2. The van der Waals surface area contributed by atoms with Crippen molar-refractivity contribution in [1.29, 1.82) is 5.26 Å². The van der Waals surface area contributed by atoms with Crippen LogP contribution in [0.5, 0.6) is 0 Å². The summed E-state index contributed by atoms with van der Waals surface area (Å²) in [4.78, 5) is 40.2. The molecule has 5 N–H and O–H groups in total. The maximum Gasteiger partial charge on any atom is 0.320 e. The Morgan fingerprint density at radius 3 is 1.05 bits per heavy atom. The number of carbonyl (C=O) groups is 4. The minimum Gasteiger partial charge on any atom is -0.481 e. The first-order valence-corrected chi connectivity index (χ1v) is 12.0. The first-order valence-electron chi connectivity index (χ1n) is 12.0. The molecule has 12 nitrogen and oxygen atoms in total. The molecule has 0 aromatic carbocycles. The molecule has 0 amide bonds. The van der Waals surface area contributed by atoms with E-state index in [4.69, 9.17) is 35.6 Å². The average molecular weight is 858 g/mol. The van der Waals surface area contributed by atoms with Crippen molar-refractivity contribution in [2.45, 2.75) is 95.9 Å². The van der Waals surface area contributed by atoms with Gasteiger partial charge in [-0.25, -0.2) is 0 Å². The Morgan fingerprint density at radius 2 is 0.977 bits per heavy atom. The minimum atomic E-state index is -0.833. The normalized spacial score (nSPS) is 6.14. The molecule has 0 aromatic heterocycles. The molecule has 259 valence electrons. The number of carboxylic acid groups (broad SMARTS) is 2. The van der Waals surface area contributed by atoms with Gasteiger partial charge in [-0.05, 0) is 34.1 Å². The molecule has 0 fully saturated rings. The van der Waals surface area contributed by atoms with E-state index in [1.165, 1.54) is 13.8 Å². The third-order valence-electron chi connectivity index (χ3n) is 1.81. The largest absolute Gasteiger partial charge is 0.481 e. The average Bonchev–Trinajstić information content (AvgIpc) is 2.88. The van der Waals surface area contributed by atoms with Crippen LogP contribution in [0.1, 0.15) is 95.9 Å². The maximum atomic E-state index is 10.9. The smallest absolute Gasteiger partial charge is 0.320 e. The van der Waals surface area contributed by atoms with Gasteiger partial charge in [0.2, 0.25) is 0 Å². The summed E-state index contributed by atoms with van der Waals surface area (Å²) in [5.41, 5.74) is 0. The van der Waals surface area contributed by atoms with Crippen LogP contribution in [0.25, 0.3) is 0 Å². The predicted octanol–water partition coefficient (Wildman–Crippen LogP) is 5.00. The fourth-order valence-electron chi connectivity index (χ4n) is 0.631. The molecular weight excluding hydrogens is 793 g/mol. The first kappa shape index (κ1) is 90.3. The van der Waals surface area contributed by atoms with Gasteiger partial charge in [-0.2, -0.15) is 18.6 Å². The number of carboxylic acids is 2. The van der Waals surface area contributed by atoms with Gasteiger partial charge >= 0.3 is 17.9 Å². The van der Waals surface area contributed by atoms with Crippen molar-refractivity contribution in [3.8, 4) is 6.07 Å². The van der Waals surface area contributed by atoms with Gasteiger partial charge in [0.1, 0.15) is 0 Å². The Morgan fingerprint density at radius 1 is 0.837 bits per heavy atom. The van der Waals surface area contributed by atoms with Gasteiger partial charge in [0.15, 0.2) is 5.92 Å². The van der Waals surface area contributed by atoms with Crippen molar-refractivity contribution in [2.24, 2.45) is 5.92 Å². The summed E-state index contributed by atoms with van der Waals surface area (Å²) in [6, 6.07) is 1.75. The molecule has 3 radical (unpaired) electrons. The molecule has 0 spiro atoms. The number of aliphatic hydroxyl groups excluding tert-OH is 3. The topological polar surface area (TPSA) is 212 Å². The Bertz CT molecular complexity index is 457. The van der Waals surface area contributed by atoms with Crippen molar-refractivity contribution in [1.82, 2.24) is 0 Å². The molecule has 0 aromatic rings. The van der Waals surface area contributed by atoms with Gasteiger partial charge in [-0.1, -0.05) is 28.2 Å². The Kier molecular flexibility index (Phi) is 236. The maximum absolute atomic E-state index is 10.9. The zero-order valence-electron chi connectivity index (χ0n) is 28.3. The second-order valence-corrected chi connectivity index (χ2v) is 5.26. The van der Waals surface area contributed by atoms with E-state index in [9.17, 15) is 14.4 Å². The van der Waals surface area contributed by atoms with Gasteiger partial charge in [-0.15, -0.1) is 0 Å². The van der Waals surface area contributed by atoms with E-state index in [2.05, 4.69) is 23.3 Å². The number of esters is 2. The number of hydrogen-bond acceptors (Lipinski definition) is 10. The van der Waals surface area contributed by atoms with E-state index in [-0.39, 0.29) is 139 Å². The van der Waals surface area contributed by atoms with E-state index < -0.39 is 29.8 Å². The molecule has 43 heavy (non-hydrogen) atoms. The Labute approximate surface area is 340 Å². The fourth-order valence-corrected chi connectivity index (χ4v) is 0.631. The van der Waals surface area contributed by atoms with E-state index >= 15 is 0 Å². The van der Waals surface area contributed by atoms with Crippen LogP contribution in [-0.4, -0.2) is 82.9 Å². The van der Waals surface area contributed by atoms with Crippen LogP contribution in [0, 0.1) is 38.5 Å². The molecule has 0 heterocycles. The minimum absolute atomic E-state index is 0. The van der Waals surface area contributed by atoms with Crippen molar-refractivity contribution in [3.05, 3.63) is 21.3 Å². The van der Waals surface area contributed by atoms with Crippen molar-refractivity contribution < 1.29 is 152 Å². The SMILES string of the molecule is C.CC#N.CC(=O)O.CCC(=O)O.CCCO.CCO.CCOC(=O)C(C)C(=O)OCC.CO.[CH2-]C.[CH2-]CC.[CH3-].[Y].[Y].[Y]. The van der Waals surface area contributed by atoms with Crippen molar-refractivity contribution >= 4 is 23.9 Å². The number of hydrogen-bond donors (Lipinski definition) is 5. The summed E-state index contributed by atoms with van der Waals surface area (Å²) in [5.74, 6) is -3.46. The second-order valence-electron chi connectivity index (χ2n) is 5.26. The number of aliphatic carboxylic acids is 2. The summed E-state index contributed by atoms with van der Waals surface area (Å²) in [7, 11) is 1.00. The van der Waals surface area contributed by atoms with Crippen LogP contribution in [0.15, 0.2) is 0 Å². The standard InChI is InChI=1S/C8H14O4.C3H6O2.C3H8O.C3H7.C2H3N.C2H4O2.C2H6O.C2H5.CH4O.CH4.CH3.3Y/c1-4-11-7(9)6(3)8(10)12-5-2;1-2-3(4)5;1-2-3-4;1-3-2;1-2-3;1-2(3)4;1-2-3;2*1-2;;;;;/h6H,4-5H2,1-3H3;2H2,1H3,(H,4,5);4H,2-3H2,1H3;1,3H2,2H3;1H3;1H3,(H,3,4);3H,2H2,1H3;1H2,2H3;2H,1H3;1H4;1H3;;;/q;;;-1;;;;-1;;;-1;;;. The number of aliphatic hydroxyl groups is 3. The molecule has 0 aliphatic carbocycles.